The Labute approximate surface area is 252 Å². The molecule has 1 saturated heterocycles. The molecular weight excluding hydrogens is 628 g/mol. The number of carbonyl (C=O) groups excluding carboxylic acids is 1. The zero-order valence-corrected chi connectivity index (χ0v) is 25.2. The van der Waals surface area contributed by atoms with Gasteiger partial charge in [0.2, 0.25) is 5.95 Å². The highest BCUT2D eigenvalue weighted by Crippen LogP contribution is 2.25. The molecule has 0 bridgehead atoms. The van der Waals surface area contributed by atoms with Gasteiger partial charge in [0.15, 0.2) is 0 Å². The van der Waals surface area contributed by atoms with Gasteiger partial charge in [-0.25, -0.2) is 23.1 Å². The lowest BCUT2D eigenvalue weighted by atomic mass is 9.90. The van der Waals surface area contributed by atoms with E-state index in [1.54, 1.807) is 36.4 Å². The van der Waals surface area contributed by atoms with Crippen LogP contribution < -0.4 is 14.4 Å². The maximum atomic E-state index is 13.2. The van der Waals surface area contributed by atoms with E-state index < -0.39 is 15.9 Å². The number of amides is 1. The van der Waals surface area contributed by atoms with Gasteiger partial charge in [-0.05, 0) is 73.2 Å². The SMILES string of the molecule is O=C(NS(=O)(=O)c1cccc(Br)c1)c1cnc(N2CCC(Cc3ccccc3)CC2)nc1COc1ccc(Cl)cc1. The van der Waals surface area contributed by atoms with Crippen LogP contribution in [0.3, 0.4) is 0 Å². The first-order valence-corrected chi connectivity index (χ1v) is 15.8. The Hall–Kier alpha value is -3.47. The predicted molar refractivity (Wildman–Crippen MR) is 162 cm³/mol. The molecule has 0 unspecified atom stereocenters. The maximum Gasteiger partial charge on any atom is 0.268 e. The molecule has 2 heterocycles. The molecule has 1 aliphatic rings. The highest BCUT2D eigenvalue weighted by atomic mass is 79.9. The van der Waals surface area contributed by atoms with Crippen LogP contribution in [0, 0.1) is 5.92 Å². The molecule has 0 aliphatic carbocycles. The van der Waals surface area contributed by atoms with Gasteiger partial charge in [0.1, 0.15) is 12.4 Å². The Bertz CT molecular complexity index is 1610. The summed E-state index contributed by atoms with van der Waals surface area (Å²) in [4.78, 5) is 24.4. The van der Waals surface area contributed by atoms with E-state index in [0.29, 0.717) is 27.1 Å². The van der Waals surface area contributed by atoms with Crippen molar-refractivity contribution in [1.82, 2.24) is 14.7 Å². The molecule has 0 atom stereocenters. The highest BCUT2D eigenvalue weighted by molar-refractivity contribution is 9.10. The van der Waals surface area contributed by atoms with Gasteiger partial charge in [-0.3, -0.25) is 4.79 Å². The van der Waals surface area contributed by atoms with Crippen LogP contribution in [0.1, 0.15) is 34.5 Å². The Morgan fingerprint density at radius 2 is 1.76 bits per heavy atom. The smallest absolute Gasteiger partial charge is 0.268 e. The van der Waals surface area contributed by atoms with Crippen LogP contribution in [0.25, 0.3) is 0 Å². The molecule has 4 aromatic rings. The molecular formula is C30H28BrClN4O4S. The minimum atomic E-state index is -4.13. The summed E-state index contributed by atoms with van der Waals surface area (Å²) in [5, 5.41) is 0.565. The van der Waals surface area contributed by atoms with Gasteiger partial charge < -0.3 is 9.64 Å². The largest absolute Gasteiger partial charge is 0.487 e. The molecule has 1 aromatic heterocycles. The zero-order chi connectivity index (χ0) is 28.8. The first-order valence-electron chi connectivity index (χ1n) is 13.1. The van der Waals surface area contributed by atoms with Crippen LogP contribution in [0.5, 0.6) is 5.75 Å². The summed E-state index contributed by atoms with van der Waals surface area (Å²) in [6.07, 6.45) is 4.37. The average molecular weight is 656 g/mol. The molecule has 41 heavy (non-hydrogen) atoms. The number of hydrogen-bond acceptors (Lipinski definition) is 7. The van der Waals surface area contributed by atoms with E-state index in [4.69, 9.17) is 16.3 Å². The number of halogens is 2. The second-order valence-corrected chi connectivity index (χ2v) is 12.8. The Morgan fingerprint density at radius 1 is 1.02 bits per heavy atom. The standard InChI is InChI=1S/C30H28BrClN4O4S/c31-23-7-4-8-26(18-23)41(38,39)35-29(37)27-19-33-30(34-28(27)20-40-25-11-9-24(32)10-12-25)36-15-13-22(14-16-36)17-21-5-2-1-3-6-21/h1-12,18-19,22H,13-17,20H2,(H,35,37). The number of nitrogens with one attached hydrogen (secondary N) is 1. The van der Waals surface area contributed by atoms with Gasteiger partial charge in [-0.1, -0.05) is 63.9 Å². The number of ether oxygens (including phenoxy) is 1. The number of anilines is 1. The minimum absolute atomic E-state index is 0.0141. The molecule has 11 heteroatoms. The Morgan fingerprint density at radius 3 is 2.46 bits per heavy atom. The number of rotatable bonds is 9. The second kappa shape index (κ2) is 13.0. The van der Waals surface area contributed by atoms with Gasteiger partial charge >= 0.3 is 0 Å². The van der Waals surface area contributed by atoms with Crippen LogP contribution in [-0.2, 0) is 23.1 Å². The van der Waals surface area contributed by atoms with Crippen molar-refractivity contribution >= 4 is 49.4 Å². The number of sulfonamides is 1. The van der Waals surface area contributed by atoms with E-state index in [1.165, 1.54) is 23.9 Å². The molecule has 0 radical (unpaired) electrons. The van der Waals surface area contributed by atoms with Gasteiger partial charge in [0, 0.05) is 28.8 Å². The Kier molecular flexibility index (Phi) is 9.22. The number of benzene rings is 3. The van der Waals surface area contributed by atoms with Gasteiger partial charge in [-0.2, -0.15) is 0 Å². The number of carbonyl (C=O) groups is 1. The van der Waals surface area contributed by atoms with Crippen molar-refractivity contribution in [3.63, 3.8) is 0 Å². The van der Waals surface area contributed by atoms with Crippen molar-refractivity contribution in [2.45, 2.75) is 30.8 Å². The van der Waals surface area contributed by atoms with E-state index in [9.17, 15) is 13.2 Å². The molecule has 8 nitrogen and oxygen atoms in total. The maximum absolute atomic E-state index is 13.2. The summed E-state index contributed by atoms with van der Waals surface area (Å²) in [7, 11) is -4.13. The lowest BCUT2D eigenvalue weighted by Crippen LogP contribution is -2.36. The molecule has 1 aliphatic heterocycles. The van der Waals surface area contributed by atoms with Crippen LogP contribution in [0.2, 0.25) is 5.02 Å². The third-order valence-corrected chi connectivity index (χ3v) is 8.96. The van der Waals surface area contributed by atoms with Gasteiger partial charge in [0.25, 0.3) is 15.9 Å². The first-order chi connectivity index (χ1) is 19.8. The first kappa shape index (κ1) is 29.0. The van der Waals surface area contributed by atoms with Crippen LogP contribution in [0.15, 0.2) is 94.4 Å². The van der Waals surface area contributed by atoms with E-state index in [2.05, 4.69) is 59.8 Å². The molecule has 1 amide bonds. The van der Waals surface area contributed by atoms with Crippen molar-refractivity contribution in [3.8, 4) is 5.75 Å². The molecule has 1 fully saturated rings. The molecule has 212 valence electrons. The predicted octanol–water partition coefficient (Wildman–Crippen LogP) is 6.05. The normalized spacial score (nSPS) is 14.0. The molecule has 5 rings (SSSR count). The lowest BCUT2D eigenvalue weighted by Gasteiger charge is -2.32. The molecule has 0 spiro atoms. The highest BCUT2D eigenvalue weighted by Gasteiger charge is 2.25. The fourth-order valence-electron chi connectivity index (χ4n) is 4.70. The van der Waals surface area contributed by atoms with E-state index in [-0.39, 0.29) is 22.8 Å². The zero-order valence-electron chi connectivity index (χ0n) is 22.0. The number of nitrogens with zero attached hydrogens (tertiary/aromatic N) is 3. The summed E-state index contributed by atoms with van der Waals surface area (Å²) in [6.45, 7) is 1.48. The van der Waals surface area contributed by atoms with Gasteiger partial charge in [0.05, 0.1) is 16.2 Å². The van der Waals surface area contributed by atoms with Crippen molar-refractivity contribution in [2.75, 3.05) is 18.0 Å². The van der Waals surface area contributed by atoms with Crippen LogP contribution >= 0.6 is 27.5 Å². The van der Waals surface area contributed by atoms with E-state index in [1.807, 2.05) is 6.07 Å². The van der Waals surface area contributed by atoms with E-state index in [0.717, 1.165) is 32.4 Å². The summed E-state index contributed by atoms with van der Waals surface area (Å²) in [6, 6.07) is 23.4. The second-order valence-electron chi connectivity index (χ2n) is 9.79. The van der Waals surface area contributed by atoms with Crippen molar-refractivity contribution in [2.24, 2.45) is 5.92 Å². The Balaban J connectivity index is 1.34. The number of aromatic nitrogens is 2. The number of hydrogen-bond donors (Lipinski definition) is 1. The average Bonchev–Trinajstić information content (AvgIpc) is 2.97. The third kappa shape index (κ3) is 7.63. The molecule has 3 aromatic carbocycles. The monoisotopic (exact) mass is 654 g/mol. The summed E-state index contributed by atoms with van der Waals surface area (Å²) in [5.41, 5.74) is 1.62. The van der Waals surface area contributed by atoms with Crippen LogP contribution in [-0.4, -0.2) is 37.4 Å². The van der Waals surface area contributed by atoms with Gasteiger partial charge in [-0.15, -0.1) is 0 Å². The quantitative estimate of drug-likeness (QED) is 0.234. The summed E-state index contributed by atoms with van der Waals surface area (Å²) >= 11 is 9.25. The van der Waals surface area contributed by atoms with Crippen molar-refractivity contribution in [3.05, 3.63) is 111 Å². The van der Waals surface area contributed by atoms with Crippen molar-refractivity contribution in [1.29, 1.82) is 0 Å². The minimum Gasteiger partial charge on any atom is -0.487 e. The summed E-state index contributed by atoms with van der Waals surface area (Å²) < 4.78 is 34.4. The fourth-order valence-corrected chi connectivity index (χ4v) is 6.38. The fraction of sp³-hybridized carbons (Fsp3) is 0.233. The molecule has 1 N–H and O–H groups in total. The molecule has 0 saturated carbocycles. The van der Waals surface area contributed by atoms with Crippen molar-refractivity contribution < 1.29 is 17.9 Å². The van der Waals surface area contributed by atoms with E-state index >= 15 is 0 Å². The lowest BCUT2D eigenvalue weighted by molar-refractivity contribution is 0.0978. The third-order valence-electron chi connectivity index (χ3n) is 6.89. The van der Waals surface area contributed by atoms with Crippen LogP contribution in [0.4, 0.5) is 5.95 Å². The summed E-state index contributed by atoms with van der Waals surface area (Å²) in [5.74, 6) is 0.733. The topological polar surface area (TPSA) is 101 Å². The number of piperidine rings is 1.